The summed E-state index contributed by atoms with van der Waals surface area (Å²) in [6.45, 7) is 8.18. The Kier molecular flexibility index (Phi) is 3.67. The van der Waals surface area contributed by atoms with Crippen LogP contribution >= 0.6 is 0 Å². The van der Waals surface area contributed by atoms with E-state index in [9.17, 15) is 4.79 Å². The van der Waals surface area contributed by atoms with Gasteiger partial charge in [-0.05, 0) is 24.5 Å². The minimum Gasteiger partial charge on any atom is -0.294 e. The lowest BCUT2D eigenvalue weighted by Gasteiger charge is -2.21. The summed E-state index contributed by atoms with van der Waals surface area (Å²) in [7, 11) is 0. The quantitative estimate of drug-likeness (QED) is 0.680. The summed E-state index contributed by atoms with van der Waals surface area (Å²) in [6.07, 6.45) is 1.86. The van der Waals surface area contributed by atoms with Crippen LogP contribution in [-0.4, -0.2) is 5.78 Å². The van der Waals surface area contributed by atoms with Crippen molar-refractivity contribution in [3.05, 3.63) is 35.4 Å². The maximum absolute atomic E-state index is 12.2. The summed E-state index contributed by atoms with van der Waals surface area (Å²) >= 11 is 0. The second-order valence-electron chi connectivity index (χ2n) is 4.62. The summed E-state index contributed by atoms with van der Waals surface area (Å²) < 4.78 is 0. The second kappa shape index (κ2) is 4.61. The summed E-state index contributed by atoms with van der Waals surface area (Å²) in [4.78, 5) is 12.2. The number of rotatable bonds is 4. The molecule has 1 heteroatoms. The third-order valence-corrected chi connectivity index (χ3v) is 3.10. The van der Waals surface area contributed by atoms with Crippen molar-refractivity contribution in [3.8, 4) is 0 Å². The summed E-state index contributed by atoms with van der Waals surface area (Å²) in [6, 6.07) is 7.96. The summed E-state index contributed by atoms with van der Waals surface area (Å²) in [5, 5.41) is 0. The van der Waals surface area contributed by atoms with Crippen LogP contribution in [0.15, 0.2) is 24.3 Å². The maximum Gasteiger partial charge on any atom is 0.168 e. The van der Waals surface area contributed by atoms with Crippen molar-refractivity contribution in [2.45, 2.75) is 40.5 Å². The molecule has 0 radical (unpaired) electrons. The predicted octanol–water partition coefficient (Wildman–Crippen LogP) is 3.87. The zero-order chi connectivity index (χ0) is 11.5. The molecule has 0 aliphatic carbocycles. The monoisotopic (exact) mass is 204 g/mol. The number of benzene rings is 1. The van der Waals surface area contributed by atoms with Gasteiger partial charge in [0.1, 0.15) is 0 Å². The normalized spacial score (nSPS) is 11.5. The number of hydrogen-bond acceptors (Lipinski definition) is 1. The van der Waals surface area contributed by atoms with E-state index in [1.54, 1.807) is 0 Å². The zero-order valence-corrected chi connectivity index (χ0v) is 10.1. The Balaban J connectivity index is 3.01. The first kappa shape index (κ1) is 12.0. The van der Waals surface area contributed by atoms with Gasteiger partial charge in [-0.25, -0.2) is 0 Å². The zero-order valence-electron chi connectivity index (χ0n) is 10.1. The number of carbonyl (C=O) groups is 1. The smallest absolute Gasteiger partial charge is 0.168 e. The highest BCUT2D eigenvalue weighted by molar-refractivity contribution is 6.00. The van der Waals surface area contributed by atoms with E-state index in [-0.39, 0.29) is 11.2 Å². The molecule has 0 atom stereocenters. The Bertz CT molecular complexity index is 350. The van der Waals surface area contributed by atoms with Crippen LogP contribution in [0.25, 0.3) is 0 Å². The van der Waals surface area contributed by atoms with Gasteiger partial charge in [-0.3, -0.25) is 4.79 Å². The Morgan fingerprint density at radius 3 is 2.47 bits per heavy atom. The molecule has 0 aliphatic rings. The van der Waals surface area contributed by atoms with E-state index in [1.165, 1.54) is 5.56 Å². The Labute approximate surface area is 92.5 Å². The van der Waals surface area contributed by atoms with E-state index >= 15 is 0 Å². The Morgan fingerprint density at radius 1 is 1.27 bits per heavy atom. The van der Waals surface area contributed by atoms with E-state index in [2.05, 4.69) is 19.9 Å². The van der Waals surface area contributed by atoms with E-state index < -0.39 is 0 Å². The fourth-order valence-electron chi connectivity index (χ4n) is 1.48. The van der Waals surface area contributed by atoms with E-state index in [4.69, 9.17) is 0 Å². The lowest BCUT2D eigenvalue weighted by atomic mass is 9.81. The molecule has 0 fully saturated rings. The molecule has 1 nitrogen and oxygen atoms in total. The largest absolute Gasteiger partial charge is 0.294 e. The van der Waals surface area contributed by atoms with Crippen LogP contribution in [0.3, 0.4) is 0 Å². The molecular formula is C14H20O. The van der Waals surface area contributed by atoms with Crippen molar-refractivity contribution in [3.63, 3.8) is 0 Å². The minimum atomic E-state index is -0.244. The van der Waals surface area contributed by atoms with Crippen LogP contribution in [0.2, 0.25) is 0 Å². The highest BCUT2D eigenvalue weighted by atomic mass is 16.1. The molecule has 1 aromatic rings. The Hall–Kier alpha value is -1.11. The van der Waals surface area contributed by atoms with Crippen LogP contribution < -0.4 is 0 Å². The number of carbonyl (C=O) groups excluding carboxylic acids is 1. The van der Waals surface area contributed by atoms with Crippen LogP contribution in [0.4, 0.5) is 0 Å². The van der Waals surface area contributed by atoms with Gasteiger partial charge in [0.2, 0.25) is 0 Å². The van der Waals surface area contributed by atoms with Gasteiger partial charge in [0.05, 0.1) is 0 Å². The molecule has 1 aromatic carbocycles. The third kappa shape index (κ3) is 2.68. The minimum absolute atomic E-state index is 0.244. The highest BCUT2D eigenvalue weighted by Gasteiger charge is 2.26. The van der Waals surface area contributed by atoms with Gasteiger partial charge in [0, 0.05) is 11.0 Å². The lowest BCUT2D eigenvalue weighted by molar-refractivity contribution is 0.0833. The molecule has 0 saturated heterocycles. The van der Waals surface area contributed by atoms with E-state index in [1.807, 2.05) is 32.0 Å². The topological polar surface area (TPSA) is 17.1 Å². The first-order valence-corrected chi connectivity index (χ1v) is 5.65. The van der Waals surface area contributed by atoms with Crippen LogP contribution in [0.5, 0.6) is 0 Å². The van der Waals surface area contributed by atoms with Crippen molar-refractivity contribution < 1.29 is 4.79 Å². The standard InChI is InChI=1S/C14H20O/c1-5-11-8-7-9-12(10-11)13(15)14(3,4)6-2/h7-10H,5-6H2,1-4H3. The fourth-order valence-corrected chi connectivity index (χ4v) is 1.48. The molecule has 0 amide bonds. The van der Waals surface area contributed by atoms with Gasteiger partial charge >= 0.3 is 0 Å². The summed E-state index contributed by atoms with van der Waals surface area (Å²) in [5.41, 5.74) is 1.83. The molecule has 0 aliphatic heterocycles. The molecule has 0 bridgehead atoms. The predicted molar refractivity (Wildman–Crippen MR) is 64.2 cm³/mol. The lowest BCUT2D eigenvalue weighted by Crippen LogP contribution is -2.23. The average molecular weight is 204 g/mol. The van der Waals surface area contributed by atoms with Gasteiger partial charge in [-0.1, -0.05) is 45.9 Å². The third-order valence-electron chi connectivity index (χ3n) is 3.10. The number of aryl methyl sites for hydroxylation is 1. The SMILES string of the molecule is CCc1cccc(C(=O)C(C)(C)CC)c1. The molecule has 0 heterocycles. The van der Waals surface area contributed by atoms with Crippen molar-refractivity contribution in [2.75, 3.05) is 0 Å². The number of Topliss-reactive ketones (excluding diaryl/α,β-unsaturated/α-hetero) is 1. The highest BCUT2D eigenvalue weighted by Crippen LogP contribution is 2.25. The molecule has 0 unspecified atom stereocenters. The van der Waals surface area contributed by atoms with Gasteiger partial charge in [0.25, 0.3) is 0 Å². The first-order valence-electron chi connectivity index (χ1n) is 5.65. The maximum atomic E-state index is 12.2. The van der Waals surface area contributed by atoms with E-state index in [0.717, 1.165) is 18.4 Å². The Morgan fingerprint density at radius 2 is 1.93 bits per heavy atom. The van der Waals surface area contributed by atoms with E-state index in [0.29, 0.717) is 0 Å². The molecule has 1 rings (SSSR count). The van der Waals surface area contributed by atoms with Gasteiger partial charge in [0.15, 0.2) is 5.78 Å². The van der Waals surface area contributed by atoms with Crippen molar-refractivity contribution in [2.24, 2.45) is 5.41 Å². The molecule has 0 saturated carbocycles. The average Bonchev–Trinajstić information content (AvgIpc) is 2.28. The first-order chi connectivity index (χ1) is 7.01. The molecule has 15 heavy (non-hydrogen) atoms. The molecule has 0 N–H and O–H groups in total. The van der Waals surface area contributed by atoms with Crippen LogP contribution in [0.1, 0.15) is 50.0 Å². The number of hydrogen-bond donors (Lipinski definition) is 0. The molecular weight excluding hydrogens is 184 g/mol. The van der Waals surface area contributed by atoms with Crippen molar-refractivity contribution in [1.29, 1.82) is 0 Å². The number of ketones is 1. The van der Waals surface area contributed by atoms with Crippen LogP contribution in [0, 0.1) is 5.41 Å². The second-order valence-corrected chi connectivity index (χ2v) is 4.62. The summed E-state index contributed by atoms with van der Waals surface area (Å²) in [5.74, 6) is 0.250. The van der Waals surface area contributed by atoms with Crippen LogP contribution in [-0.2, 0) is 6.42 Å². The van der Waals surface area contributed by atoms with Gasteiger partial charge in [-0.2, -0.15) is 0 Å². The fraction of sp³-hybridized carbons (Fsp3) is 0.500. The molecule has 82 valence electrons. The van der Waals surface area contributed by atoms with Gasteiger partial charge < -0.3 is 0 Å². The van der Waals surface area contributed by atoms with Gasteiger partial charge in [-0.15, -0.1) is 0 Å². The molecule has 0 aromatic heterocycles. The van der Waals surface area contributed by atoms with Crippen molar-refractivity contribution in [1.82, 2.24) is 0 Å². The molecule has 0 spiro atoms. The van der Waals surface area contributed by atoms with Crippen molar-refractivity contribution >= 4 is 5.78 Å².